The van der Waals surface area contributed by atoms with Crippen LogP contribution in [0.5, 0.6) is 11.6 Å². The molecule has 202 valence electrons. The monoisotopic (exact) mass is 529 g/mol. The Kier molecular flexibility index (Phi) is 8.55. The molecule has 0 spiro atoms. The number of carbonyl (C=O) groups excluding carboxylic acids is 1. The largest absolute Gasteiger partial charge is 0.469 e. The molecule has 10 nitrogen and oxygen atoms in total. The highest BCUT2D eigenvalue weighted by Crippen LogP contribution is 2.23. The van der Waals surface area contributed by atoms with E-state index in [9.17, 15) is 14.4 Å². The van der Waals surface area contributed by atoms with Crippen molar-refractivity contribution in [1.82, 2.24) is 19.1 Å². The molecule has 0 unspecified atom stereocenters. The molecule has 0 fully saturated rings. The van der Waals surface area contributed by atoms with E-state index in [4.69, 9.17) is 9.47 Å². The lowest BCUT2D eigenvalue weighted by Crippen LogP contribution is -2.44. The van der Waals surface area contributed by atoms with Gasteiger partial charge in [0.05, 0.1) is 19.6 Å². The van der Waals surface area contributed by atoms with Gasteiger partial charge >= 0.3 is 17.3 Å². The third kappa shape index (κ3) is 6.78. The zero-order chi connectivity index (χ0) is 27.9. The van der Waals surface area contributed by atoms with E-state index in [2.05, 4.69) is 15.3 Å². The molecule has 2 heterocycles. The number of benzene rings is 2. The molecule has 0 aliphatic carbocycles. The van der Waals surface area contributed by atoms with Crippen LogP contribution in [0.1, 0.15) is 30.7 Å². The van der Waals surface area contributed by atoms with Crippen LogP contribution < -0.4 is 21.4 Å². The van der Waals surface area contributed by atoms with E-state index in [1.54, 1.807) is 37.3 Å². The zero-order valence-electron chi connectivity index (χ0n) is 22.4. The van der Waals surface area contributed by atoms with E-state index in [-0.39, 0.29) is 19.0 Å². The molecule has 0 bridgehead atoms. The maximum atomic E-state index is 13.5. The number of hydrogen-bond donors (Lipinski definition) is 1. The molecule has 0 aliphatic heterocycles. The molecule has 2 aromatic carbocycles. The summed E-state index contributed by atoms with van der Waals surface area (Å²) >= 11 is 0. The highest BCUT2D eigenvalue weighted by Gasteiger charge is 2.20. The number of hydrogen-bond acceptors (Lipinski definition) is 8. The van der Waals surface area contributed by atoms with Gasteiger partial charge in [-0.3, -0.25) is 9.36 Å². The number of esters is 1. The molecule has 1 N–H and O–H groups in total. The summed E-state index contributed by atoms with van der Waals surface area (Å²) in [5.74, 6) is -0.0630. The Labute approximate surface area is 225 Å². The number of methoxy groups -OCH3 is 1. The fourth-order valence-electron chi connectivity index (χ4n) is 3.92. The molecule has 0 saturated carbocycles. The topological polar surface area (TPSA) is 117 Å². The molecule has 10 heteroatoms. The molecule has 39 heavy (non-hydrogen) atoms. The van der Waals surface area contributed by atoms with Crippen LogP contribution in [0, 0.1) is 12.8 Å². The Morgan fingerprint density at radius 2 is 1.69 bits per heavy atom. The minimum atomic E-state index is -0.764. The fourth-order valence-corrected chi connectivity index (χ4v) is 3.92. The van der Waals surface area contributed by atoms with Crippen molar-refractivity contribution in [2.75, 3.05) is 12.4 Å². The van der Waals surface area contributed by atoms with E-state index in [0.29, 0.717) is 17.3 Å². The minimum absolute atomic E-state index is 0.0820. The SMILES string of the molecule is CCc1cccc(Oc2ccc(Nc3nc(=O)n(C[C@H](C)C(=O)OC)c(=O)n3Cc3ccc(C)cc3)cc2)n1. The van der Waals surface area contributed by atoms with Crippen LogP contribution in [0.15, 0.2) is 76.3 Å². The van der Waals surface area contributed by atoms with Gasteiger partial charge in [-0.15, -0.1) is 0 Å². The highest BCUT2D eigenvalue weighted by molar-refractivity contribution is 5.71. The van der Waals surface area contributed by atoms with Crippen molar-refractivity contribution in [2.24, 2.45) is 5.92 Å². The quantitative estimate of drug-likeness (QED) is 0.306. The van der Waals surface area contributed by atoms with Gasteiger partial charge in [0.1, 0.15) is 5.75 Å². The Balaban J connectivity index is 1.64. The first-order valence-electron chi connectivity index (χ1n) is 12.6. The van der Waals surface area contributed by atoms with Gasteiger partial charge in [-0.05, 0) is 49.2 Å². The van der Waals surface area contributed by atoms with E-state index in [0.717, 1.165) is 27.8 Å². The predicted molar refractivity (Wildman–Crippen MR) is 148 cm³/mol. The number of pyridine rings is 1. The summed E-state index contributed by atoms with van der Waals surface area (Å²) in [5.41, 5.74) is 2.11. The van der Waals surface area contributed by atoms with Crippen molar-refractivity contribution in [3.63, 3.8) is 0 Å². The Morgan fingerprint density at radius 1 is 0.974 bits per heavy atom. The third-order valence-electron chi connectivity index (χ3n) is 6.15. The van der Waals surface area contributed by atoms with Crippen LogP contribution in [0.3, 0.4) is 0 Å². The molecular weight excluding hydrogens is 498 g/mol. The molecular formula is C29H31N5O5. The average molecular weight is 530 g/mol. The van der Waals surface area contributed by atoms with E-state index in [1.165, 1.54) is 11.7 Å². The van der Waals surface area contributed by atoms with Crippen molar-refractivity contribution in [3.8, 4) is 11.6 Å². The van der Waals surface area contributed by atoms with Crippen LogP contribution >= 0.6 is 0 Å². The van der Waals surface area contributed by atoms with Gasteiger partial charge in [-0.25, -0.2) is 19.1 Å². The number of nitrogens with one attached hydrogen (secondary N) is 1. The van der Waals surface area contributed by atoms with Gasteiger partial charge in [0.25, 0.3) is 0 Å². The average Bonchev–Trinajstić information content (AvgIpc) is 2.94. The standard InChI is InChI=1S/C29H31N5O5/c1-5-22-7-6-8-25(30-22)39-24-15-13-23(14-16-24)31-27-32-28(36)34(17-20(3)26(35)38-4)29(37)33(27)18-21-11-9-19(2)10-12-21/h6-16,20H,5,17-18H2,1-4H3,(H,31,32,36)/t20-/m0/s1. The second kappa shape index (κ2) is 12.2. The van der Waals surface area contributed by atoms with Gasteiger partial charge in [0.15, 0.2) is 0 Å². The summed E-state index contributed by atoms with van der Waals surface area (Å²) < 4.78 is 12.9. The zero-order valence-corrected chi connectivity index (χ0v) is 22.4. The summed E-state index contributed by atoms with van der Waals surface area (Å²) in [6, 6.07) is 20.3. The number of nitrogens with zero attached hydrogens (tertiary/aromatic N) is 4. The highest BCUT2D eigenvalue weighted by atomic mass is 16.5. The van der Waals surface area contributed by atoms with Gasteiger partial charge in [-0.2, -0.15) is 4.98 Å². The van der Waals surface area contributed by atoms with Crippen molar-refractivity contribution < 1.29 is 14.3 Å². The molecule has 4 rings (SSSR count). The Morgan fingerprint density at radius 3 is 2.36 bits per heavy atom. The predicted octanol–water partition coefficient (Wildman–Crippen LogP) is 4.06. The van der Waals surface area contributed by atoms with Gasteiger partial charge in [0, 0.05) is 24.0 Å². The van der Waals surface area contributed by atoms with Crippen LogP contribution in [-0.4, -0.2) is 32.2 Å². The third-order valence-corrected chi connectivity index (χ3v) is 6.15. The Hall–Kier alpha value is -4.73. The maximum absolute atomic E-state index is 13.5. The number of aromatic nitrogens is 4. The number of ether oxygens (including phenoxy) is 2. The molecule has 0 aliphatic rings. The van der Waals surface area contributed by atoms with E-state index < -0.39 is 23.3 Å². The smallest absolute Gasteiger partial charge is 0.354 e. The molecule has 2 aromatic heterocycles. The van der Waals surface area contributed by atoms with Crippen molar-refractivity contribution in [3.05, 3.63) is 105 Å². The lowest BCUT2D eigenvalue weighted by molar-refractivity contribution is -0.145. The lowest BCUT2D eigenvalue weighted by Gasteiger charge is -2.17. The minimum Gasteiger partial charge on any atom is -0.469 e. The number of carbonyl (C=O) groups is 1. The second-order valence-electron chi connectivity index (χ2n) is 9.18. The van der Waals surface area contributed by atoms with Crippen molar-refractivity contribution >= 4 is 17.6 Å². The van der Waals surface area contributed by atoms with Crippen LogP contribution in [0.4, 0.5) is 11.6 Å². The number of aryl methyl sites for hydroxylation is 2. The van der Waals surface area contributed by atoms with Gasteiger partial charge < -0.3 is 14.8 Å². The molecule has 0 radical (unpaired) electrons. The number of rotatable bonds is 10. The molecule has 1 atom stereocenters. The summed E-state index contributed by atoms with van der Waals surface area (Å²) in [5, 5.41) is 3.09. The molecule has 0 saturated heterocycles. The summed E-state index contributed by atoms with van der Waals surface area (Å²) in [4.78, 5) is 46.9. The normalized spacial score (nSPS) is 11.6. The molecule has 4 aromatic rings. The Bertz CT molecular complexity index is 1560. The fraction of sp³-hybridized carbons (Fsp3) is 0.276. The van der Waals surface area contributed by atoms with Crippen LogP contribution in [0.2, 0.25) is 0 Å². The number of anilines is 2. The first kappa shape index (κ1) is 27.3. The van der Waals surface area contributed by atoms with Crippen molar-refractivity contribution in [2.45, 2.75) is 40.3 Å². The van der Waals surface area contributed by atoms with Crippen molar-refractivity contribution in [1.29, 1.82) is 0 Å². The lowest BCUT2D eigenvalue weighted by atomic mass is 10.1. The first-order valence-corrected chi connectivity index (χ1v) is 12.6. The van der Waals surface area contributed by atoms with Crippen LogP contribution in [0.25, 0.3) is 0 Å². The van der Waals surface area contributed by atoms with Crippen LogP contribution in [-0.2, 0) is 29.0 Å². The maximum Gasteiger partial charge on any atom is 0.354 e. The van der Waals surface area contributed by atoms with Gasteiger partial charge in [-0.1, -0.05) is 49.7 Å². The summed E-state index contributed by atoms with van der Waals surface area (Å²) in [7, 11) is 1.26. The summed E-state index contributed by atoms with van der Waals surface area (Å²) in [6.45, 7) is 5.61. The van der Waals surface area contributed by atoms with Gasteiger partial charge in [0.2, 0.25) is 11.8 Å². The second-order valence-corrected chi connectivity index (χ2v) is 9.18. The molecule has 0 amide bonds. The summed E-state index contributed by atoms with van der Waals surface area (Å²) in [6.07, 6.45) is 0.803. The van der Waals surface area contributed by atoms with E-state index >= 15 is 0 Å². The van der Waals surface area contributed by atoms with E-state index in [1.807, 2.05) is 50.2 Å². The first-order chi connectivity index (χ1) is 18.8.